The average molecular weight is 235 g/mol. The van der Waals surface area contributed by atoms with Gasteiger partial charge in [-0.25, -0.2) is 5.43 Å². The predicted molar refractivity (Wildman–Crippen MR) is 69.3 cm³/mol. The Kier molecular flexibility index (Phi) is 4.26. The van der Waals surface area contributed by atoms with Crippen LogP contribution >= 0.6 is 0 Å². The molecule has 1 unspecified atom stereocenters. The molecule has 1 aromatic carbocycles. The van der Waals surface area contributed by atoms with Crippen LogP contribution in [0.5, 0.6) is 0 Å². The molecule has 1 amide bonds. The smallest absolute Gasteiger partial charge is 0.255 e. The van der Waals surface area contributed by atoms with Gasteiger partial charge in [0.15, 0.2) is 0 Å². The van der Waals surface area contributed by atoms with Crippen molar-refractivity contribution in [1.29, 1.82) is 0 Å². The van der Waals surface area contributed by atoms with Crippen LogP contribution in [-0.2, 0) is 10.2 Å². The van der Waals surface area contributed by atoms with Gasteiger partial charge in [0, 0.05) is 7.05 Å². The minimum atomic E-state index is -0.642. The number of carbonyl (C=O) groups excluding carboxylic acids is 1. The highest BCUT2D eigenvalue weighted by atomic mass is 16.2. The topological polar surface area (TPSA) is 67.1 Å². The van der Waals surface area contributed by atoms with Crippen LogP contribution in [0.4, 0.5) is 0 Å². The Morgan fingerprint density at radius 3 is 2.18 bits per heavy atom. The fraction of sp³-hybridized carbons (Fsp3) is 0.462. The van der Waals surface area contributed by atoms with Crippen LogP contribution in [0.2, 0.25) is 0 Å². The molecule has 0 fully saturated rings. The number of nitrogens with one attached hydrogen (secondary N) is 2. The first-order valence-electron chi connectivity index (χ1n) is 5.69. The average Bonchev–Trinajstić information content (AvgIpc) is 2.27. The summed E-state index contributed by atoms with van der Waals surface area (Å²) < 4.78 is 0. The van der Waals surface area contributed by atoms with E-state index in [0.717, 1.165) is 5.56 Å². The van der Waals surface area contributed by atoms with Gasteiger partial charge in [0.05, 0.1) is 0 Å². The normalized spacial score (nSPS) is 13.2. The fourth-order valence-electron chi connectivity index (χ4n) is 1.54. The third-order valence-electron chi connectivity index (χ3n) is 2.67. The Bertz CT molecular complexity index is 379. The largest absolute Gasteiger partial charge is 0.316 e. The van der Waals surface area contributed by atoms with E-state index in [0.29, 0.717) is 0 Å². The summed E-state index contributed by atoms with van der Waals surface area (Å²) in [6.45, 7) is 6.45. The van der Waals surface area contributed by atoms with E-state index in [2.05, 4.69) is 31.6 Å². The van der Waals surface area contributed by atoms with Crippen LogP contribution in [0.3, 0.4) is 0 Å². The van der Waals surface area contributed by atoms with Crippen LogP contribution < -0.4 is 16.6 Å². The molecule has 1 aromatic rings. The summed E-state index contributed by atoms with van der Waals surface area (Å²) in [6.07, 6.45) is 0. The molecular formula is C13H21N3O. The van der Waals surface area contributed by atoms with E-state index in [1.165, 1.54) is 5.56 Å². The molecule has 0 aromatic heterocycles. The van der Waals surface area contributed by atoms with Crippen LogP contribution in [0.1, 0.15) is 37.9 Å². The molecule has 0 aliphatic heterocycles. The fourth-order valence-corrected chi connectivity index (χ4v) is 1.54. The molecule has 17 heavy (non-hydrogen) atoms. The Balaban J connectivity index is 2.84. The maximum Gasteiger partial charge on any atom is 0.255 e. The summed E-state index contributed by atoms with van der Waals surface area (Å²) in [7, 11) is 1.63. The van der Waals surface area contributed by atoms with Crippen molar-refractivity contribution in [3.63, 3.8) is 0 Å². The van der Waals surface area contributed by atoms with E-state index < -0.39 is 6.04 Å². The summed E-state index contributed by atoms with van der Waals surface area (Å²) in [5.74, 6) is -0.240. The van der Waals surface area contributed by atoms with Gasteiger partial charge < -0.3 is 5.73 Å². The van der Waals surface area contributed by atoms with Crippen LogP contribution in [-0.4, -0.2) is 13.0 Å². The van der Waals surface area contributed by atoms with E-state index >= 15 is 0 Å². The number of hydrogen-bond acceptors (Lipinski definition) is 3. The maximum atomic E-state index is 11.5. The zero-order valence-electron chi connectivity index (χ0n) is 10.9. The Morgan fingerprint density at radius 2 is 1.76 bits per heavy atom. The van der Waals surface area contributed by atoms with Gasteiger partial charge in [0.2, 0.25) is 0 Å². The molecule has 0 saturated carbocycles. The lowest BCUT2D eigenvalue weighted by Crippen LogP contribution is -2.40. The number of carbonyl (C=O) groups is 1. The zero-order valence-corrected chi connectivity index (χ0v) is 10.9. The first kappa shape index (κ1) is 13.7. The second-order valence-corrected chi connectivity index (χ2v) is 5.09. The summed E-state index contributed by atoms with van der Waals surface area (Å²) in [4.78, 5) is 11.5. The molecule has 4 N–H and O–H groups in total. The van der Waals surface area contributed by atoms with Gasteiger partial charge in [-0.15, -0.1) is 0 Å². The number of nitrogens with two attached hydrogens (primary N) is 1. The third kappa shape index (κ3) is 3.54. The summed E-state index contributed by atoms with van der Waals surface area (Å²) in [5, 5.41) is 0. The monoisotopic (exact) mass is 235 g/mol. The Morgan fingerprint density at radius 1 is 1.24 bits per heavy atom. The molecule has 0 bridgehead atoms. The molecule has 94 valence electrons. The van der Waals surface area contributed by atoms with E-state index in [1.807, 2.05) is 24.3 Å². The highest BCUT2D eigenvalue weighted by molar-refractivity contribution is 5.82. The molecule has 0 spiro atoms. The van der Waals surface area contributed by atoms with E-state index in [4.69, 9.17) is 5.73 Å². The number of rotatable bonds is 3. The number of hydrazine groups is 1. The SMILES string of the molecule is CNNC(=O)C(N)c1ccc(C(C)(C)C)cc1. The van der Waals surface area contributed by atoms with E-state index in [-0.39, 0.29) is 11.3 Å². The van der Waals surface area contributed by atoms with E-state index in [1.54, 1.807) is 7.05 Å². The molecule has 0 aliphatic rings. The van der Waals surface area contributed by atoms with Crippen molar-refractivity contribution in [3.05, 3.63) is 35.4 Å². The van der Waals surface area contributed by atoms with Crippen LogP contribution in [0, 0.1) is 0 Å². The predicted octanol–water partition coefficient (Wildman–Crippen LogP) is 1.23. The Labute approximate surface area is 103 Å². The van der Waals surface area contributed by atoms with Crippen molar-refractivity contribution in [2.45, 2.75) is 32.2 Å². The lowest BCUT2D eigenvalue weighted by atomic mass is 9.86. The number of amides is 1. The van der Waals surface area contributed by atoms with Gasteiger partial charge in [0.1, 0.15) is 6.04 Å². The second kappa shape index (κ2) is 5.29. The van der Waals surface area contributed by atoms with Crippen LogP contribution in [0.15, 0.2) is 24.3 Å². The van der Waals surface area contributed by atoms with E-state index in [9.17, 15) is 4.79 Å². The Hall–Kier alpha value is -1.39. The van der Waals surface area contributed by atoms with Gasteiger partial charge in [0.25, 0.3) is 5.91 Å². The third-order valence-corrected chi connectivity index (χ3v) is 2.67. The zero-order chi connectivity index (χ0) is 13.1. The van der Waals surface area contributed by atoms with Crippen molar-refractivity contribution >= 4 is 5.91 Å². The molecule has 4 nitrogen and oxygen atoms in total. The molecule has 4 heteroatoms. The summed E-state index contributed by atoms with van der Waals surface area (Å²) in [5.41, 5.74) is 13.0. The second-order valence-electron chi connectivity index (χ2n) is 5.09. The first-order chi connectivity index (χ1) is 7.86. The number of benzene rings is 1. The van der Waals surface area contributed by atoms with Gasteiger partial charge in [-0.1, -0.05) is 45.0 Å². The standard InChI is InChI=1S/C13H21N3O/c1-13(2,3)10-7-5-9(6-8-10)11(14)12(17)16-15-4/h5-8,11,15H,14H2,1-4H3,(H,16,17). The van der Waals surface area contributed by atoms with Gasteiger partial charge in [-0.3, -0.25) is 10.2 Å². The number of hydrogen-bond donors (Lipinski definition) is 3. The van der Waals surface area contributed by atoms with Crippen LogP contribution in [0.25, 0.3) is 0 Å². The quantitative estimate of drug-likeness (QED) is 0.690. The highest BCUT2D eigenvalue weighted by Crippen LogP contribution is 2.23. The van der Waals surface area contributed by atoms with Crippen molar-refractivity contribution in [1.82, 2.24) is 10.9 Å². The molecule has 1 atom stereocenters. The minimum Gasteiger partial charge on any atom is -0.316 e. The van der Waals surface area contributed by atoms with Crippen molar-refractivity contribution in [2.24, 2.45) is 5.73 Å². The maximum absolute atomic E-state index is 11.5. The van der Waals surface area contributed by atoms with Crippen molar-refractivity contribution in [3.8, 4) is 0 Å². The molecule has 0 aliphatic carbocycles. The molecule has 1 rings (SSSR count). The van der Waals surface area contributed by atoms with Crippen molar-refractivity contribution < 1.29 is 4.79 Å². The van der Waals surface area contributed by atoms with Gasteiger partial charge >= 0.3 is 0 Å². The summed E-state index contributed by atoms with van der Waals surface area (Å²) >= 11 is 0. The lowest BCUT2D eigenvalue weighted by Gasteiger charge is -2.20. The molecular weight excluding hydrogens is 214 g/mol. The molecule has 0 heterocycles. The minimum absolute atomic E-state index is 0.107. The van der Waals surface area contributed by atoms with Gasteiger partial charge in [-0.2, -0.15) is 0 Å². The first-order valence-corrected chi connectivity index (χ1v) is 5.69. The lowest BCUT2D eigenvalue weighted by molar-refractivity contribution is -0.123. The highest BCUT2D eigenvalue weighted by Gasteiger charge is 2.17. The van der Waals surface area contributed by atoms with Gasteiger partial charge in [-0.05, 0) is 16.5 Å². The molecule has 0 saturated heterocycles. The summed E-state index contributed by atoms with van der Waals surface area (Å²) in [6, 6.07) is 7.20. The molecule has 0 radical (unpaired) electrons. The van der Waals surface area contributed by atoms with Crippen molar-refractivity contribution in [2.75, 3.05) is 7.05 Å².